The fraction of sp³-hybridized carbons (Fsp3) is 0.207. The van der Waals surface area contributed by atoms with Gasteiger partial charge in [0, 0.05) is 29.0 Å². The first-order valence-corrected chi connectivity index (χ1v) is 12.8. The first-order chi connectivity index (χ1) is 18.0. The number of nitrogens with one attached hydrogen (secondary N) is 2. The molecule has 6 rings (SSSR count). The number of nitrogens with zero attached hydrogens (tertiary/aromatic N) is 3. The second-order valence-corrected chi connectivity index (χ2v) is 9.83. The Bertz CT molecular complexity index is 1460. The first kappa shape index (κ1) is 23.4. The maximum absolute atomic E-state index is 14.7. The summed E-state index contributed by atoms with van der Waals surface area (Å²) in [7, 11) is 0. The molecular weight excluding hydrogens is 489 g/mol. The number of amides is 1. The second-order valence-electron chi connectivity index (χ2n) is 9.56. The highest BCUT2D eigenvalue weighted by Crippen LogP contribution is 2.53. The lowest BCUT2D eigenvalue weighted by molar-refractivity contribution is -0.116. The molecular formula is C29H25ClFN5O. The zero-order valence-electron chi connectivity index (χ0n) is 20.0. The van der Waals surface area contributed by atoms with Gasteiger partial charge in [-0.3, -0.25) is 4.79 Å². The van der Waals surface area contributed by atoms with E-state index in [-0.39, 0.29) is 29.0 Å². The molecule has 3 aromatic carbocycles. The number of rotatable bonds is 6. The molecule has 4 aromatic rings. The van der Waals surface area contributed by atoms with Crippen molar-refractivity contribution in [3.63, 3.8) is 0 Å². The number of halogens is 2. The summed E-state index contributed by atoms with van der Waals surface area (Å²) in [5.74, 6) is -0.457. The molecule has 2 aliphatic rings. The van der Waals surface area contributed by atoms with Gasteiger partial charge in [-0.2, -0.15) is 4.98 Å². The molecule has 0 bridgehead atoms. The predicted octanol–water partition coefficient (Wildman–Crippen LogP) is 6.78. The van der Waals surface area contributed by atoms with E-state index < -0.39 is 5.82 Å². The van der Waals surface area contributed by atoms with Gasteiger partial charge in [-0.25, -0.2) is 9.37 Å². The van der Waals surface area contributed by atoms with Crippen LogP contribution in [0.25, 0.3) is 11.1 Å². The van der Waals surface area contributed by atoms with Crippen LogP contribution in [0, 0.1) is 5.82 Å². The van der Waals surface area contributed by atoms with Gasteiger partial charge in [-0.05, 0) is 53.8 Å². The van der Waals surface area contributed by atoms with Gasteiger partial charge in [-0.15, -0.1) is 11.6 Å². The molecule has 0 saturated heterocycles. The third kappa shape index (κ3) is 4.40. The van der Waals surface area contributed by atoms with Crippen LogP contribution in [0.1, 0.15) is 24.8 Å². The number of carbonyl (C=O) groups is 1. The van der Waals surface area contributed by atoms with Crippen LogP contribution >= 0.6 is 11.6 Å². The minimum Gasteiger partial charge on any atom is -0.338 e. The number of anilines is 5. The van der Waals surface area contributed by atoms with Crippen molar-refractivity contribution in [2.75, 3.05) is 28.0 Å². The number of alkyl halides is 1. The van der Waals surface area contributed by atoms with E-state index in [0.717, 1.165) is 53.5 Å². The van der Waals surface area contributed by atoms with Crippen molar-refractivity contribution < 1.29 is 9.18 Å². The Balaban J connectivity index is 1.22. The Morgan fingerprint density at radius 1 is 0.973 bits per heavy atom. The highest BCUT2D eigenvalue weighted by Gasteiger charge is 2.48. The van der Waals surface area contributed by atoms with Gasteiger partial charge in [0.25, 0.3) is 0 Å². The van der Waals surface area contributed by atoms with Crippen molar-refractivity contribution in [1.29, 1.82) is 0 Å². The van der Waals surface area contributed by atoms with Gasteiger partial charge in [0.05, 0.1) is 6.20 Å². The third-order valence-electron chi connectivity index (χ3n) is 7.30. The van der Waals surface area contributed by atoms with E-state index in [2.05, 4.69) is 32.7 Å². The molecule has 2 heterocycles. The molecule has 0 unspecified atom stereocenters. The van der Waals surface area contributed by atoms with Crippen LogP contribution in [0.15, 0.2) is 79.0 Å². The average Bonchev–Trinajstić information content (AvgIpc) is 3.27. The summed E-state index contributed by atoms with van der Waals surface area (Å²) in [6.45, 7) is 0.649. The molecule has 1 aliphatic heterocycles. The molecule has 8 heteroatoms. The van der Waals surface area contributed by atoms with Crippen LogP contribution in [0.4, 0.5) is 33.2 Å². The minimum atomic E-state index is -0.574. The topological polar surface area (TPSA) is 70.2 Å². The van der Waals surface area contributed by atoms with E-state index in [1.54, 1.807) is 4.90 Å². The van der Waals surface area contributed by atoms with Crippen LogP contribution in [-0.4, -0.2) is 28.3 Å². The summed E-state index contributed by atoms with van der Waals surface area (Å²) in [4.78, 5) is 22.7. The maximum atomic E-state index is 14.7. The number of fused-ring (bicyclic) bond motifs is 2. The van der Waals surface area contributed by atoms with Gasteiger partial charge in [0.1, 0.15) is 5.88 Å². The lowest BCUT2D eigenvalue weighted by Crippen LogP contribution is -2.41. The Morgan fingerprint density at radius 2 is 1.70 bits per heavy atom. The first-order valence-electron chi connectivity index (χ1n) is 12.3. The number of carbonyl (C=O) groups excluding carboxylic acids is 1. The summed E-state index contributed by atoms with van der Waals surface area (Å²) in [6.07, 6.45) is 4.40. The Kier molecular flexibility index (Phi) is 6.00. The van der Waals surface area contributed by atoms with Crippen molar-refractivity contribution in [3.05, 3.63) is 90.4 Å². The monoisotopic (exact) mass is 513 g/mol. The third-order valence-corrected chi connectivity index (χ3v) is 7.53. The lowest BCUT2D eigenvalue weighted by atomic mass is 9.66. The van der Waals surface area contributed by atoms with Crippen LogP contribution < -0.4 is 15.5 Å². The molecule has 1 aliphatic carbocycles. The van der Waals surface area contributed by atoms with Crippen molar-refractivity contribution in [2.24, 2.45) is 0 Å². The fourth-order valence-corrected chi connectivity index (χ4v) is 5.38. The molecule has 0 atom stereocenters. The van der Waals surface area contributed by atoms with Crippen LogP contribution in [0.5, 0.6) is 0 Å². The van der Waals surface area contributed by atoms with Gasteiger partial charge in [0.15, 0.2) is 11.6 Å². The Hall–Kier alpha value is -3.97. The lowest BCUT2D eigenvalue weighted by Gasteiger charge is -2.38. The molecule has 1 amide bonds. The highest BCUT2D eigenvalue weighted by molar-refractivity contribution is 6.29. The van der Waals surface area contributed by atoms with E-state index in [1.165, 1.54) is 0 Å². The van der Waals surface area contributed by atoms with Crippen molar-refractivity contribution in [3.8, 4) is 11.1 Å². The van der Waals surface area contributed by atoms with E-state index in [4.69, 9.17) is 11.6 Å². The van der Waals surface area contributed by atoms with Crippen LogP contribution in [-0.2, 0) is 10.2 Å². The van der Waals surface area contributed by atoms with E-state index in [9.17, 15) is 9.18 Å². The summed E-state index contributed by atoms with van der Waals surface area (Å²) in [5.41, 5.74) is 5.66. The zero-order valence-corrected chi connectivity index (χ0v) is 20.8. The maximum Gasteiger partial charge on any atom is 0.241 e. The minimum absolute atomic E-state index is 0.0168. The molecule has 37 heavy (non-hydrogen) atoms. The van der Waals surface area contributed by atoms with Gasteiger partial charge in [0.2, 0.25) is 11.9 Å². The molecule has 0 radical (unpaired) electrons. The number of benzene rings is 3. The highest BCUT2D eigenvalue weighted by atomic mass is 35.5. The smallest absolute Gasteiger partial charge is 0.241 e. The molecule has 186 valence electrons. The number of aromatic nitrogens is 2. The molecule has 2 N–H and O–H groups in total. The number of hydrogen-bond donors (Lipinski definition) is 2. The number of hydrogen-bond acceptors (Lipinski definition) is 5. The molecule has 1 saturated carbocycles. The van der Waals surface area contributed by atoms with E-state index >= 15 is 0 Å². The van der Waals surface area contributed by atoms with Crippen molar-refractivity contribution >= 4 is 46.3 Å². The molecule has 1 aromatic heterocycles. The van der Waals surface area contributed by atoms with Crippen molar-refractivity contribution in [2.45, 2.75) is 24.7 Å². The second kappa shape index (κ2) is 9.48. The van der Waals surface area contributed by atoms with Gasteiger partial charge in [-0.1, -0.05) is 55.0 Å². The molecule has 6 nitrogen and oxygen atoms in total. The Morgan fingerprint density at radius 3 is 2.41 bits per heavy atom. The summed E-state index contributed by atoms with van der Waals surface area (Å²) >= 11 is 5.89. The quantitative estimate of drug-likeness (QED) is 0.278. The summed E-state index contributed by atoms with van der Waals surface area (Å²) in [6, 6.07) is 23.8. The largest absolute Gasteiger partial charge is 0.338 e. The predicted molar refractivity (Wildman–Crippen MR) is 145 cm³/mol. The van der Waals surface area contributed by atoms with Crippen LogP contribution in [0.3, 0.4) is 0 Å². The van der Waals surface area contributed by atoms with Crippen LogP contribution in [0.2, 0.25) is 0 Å². The van der Waals surface area contributed by atoms with E-state index in [1.807, 2.05) is 60.7 Å². The van der Waals surface area contributed by atoms with E-state index in [0.29, 0.717) is 12.2 Å². The molecule has 1 fully saturated rings. The zero-order chi connectivity index (χ0) is 25.4. The van der Waals surface area contributed by atoms with Crippen molar-refractivity contribution in [1.82, 2.24) is 9.97 Å². The standard InChI is InChI=1S/C29H25ClFN5O/c30-16-26(37)36-18-29(13-4-14-29)23-12-11-22(15-25(23)36)33-27-24(31)17-32-28(35-27)34-21-9-7-20(8-10-21)19-5-2-1-3-6-19/h1-3,5-12,15,17H,4,13-14,16,18H2,(H2,32,33,34,35). The fourth-order valence-electron chi connectivity index (χ4n) is 5.24. The average molecular weight is 514 g/mol. The van der Waals surface area contributed by atoms with Gasteiger partial charge >= 0.3 is 0 Å². The normalized spacial score (nSPS) is 15.2. The summed E-state index contributed by atoms with van der Waals surface area (Å²) in [5, 5.41) is 6.20. The van der Waals surface area contributed by atoms with Gasteiger partial charge < -0.3 is 15.5 Å². The molecule has 1 spiro atoms. The summed E-state index contributed by atoms with van der Waals surface area (Å²) < 4.78 is 14.7. The SMILES string of the molecule is O=C(CCl)N1CC2(CCC2)c2ccc(Nc3nc(Nc4ccc(-c5ccccc5)cc4)ncc3F)cc21. The Labute approximate surface area is 219 Å².